The molecule has 1 N–H and O–H groups in total. The fourth-order valence-corrected chi connectivity index (χ4v) is 1.86. The van der Waals surface area contributed by atoms with E-state index in [9.17, 15) is 4.79 Å². The largest absolute Gasteiger partial charge is 0.339 e. The van der Waals surface area contributed by atoms with Gasteiger partial charge in [-0.05, 0) is 13.8 Å². The Kier molecular flexibility index (Phi) is 3.24. The van der Waals surface area contributed by atoms with E-state index in [1.165, 1.54) is 0 Å². The Labute approximate surface area is 95.5 Å². The number of piperazine rings is 1. The van der Waals surface area contributed by atoms with Crippen molar-refractivity contribution in [2.45, 2.75) is 20.4 Å². The summed E-state index contributed by atoms with van der Waals surface area (Å²) in [5.41, 5.74) is 2.07. The third kappa shape index (κ3) is 2.24. The molecular weight excluding hydrogens is 204 g/mol. The summed E-state index contributed by atoms with van der Waals surface area (Å²) in [7, 11) is 0. The van der Waals surface area contributed by atoms with E-state index < -0.39 is 0 Å². The normalized spacial score (nSPS) is 16.5. The van der Waals surface area contributed by atoms with Crippen LogP contribution < -0.4 is 5.32 Å². The molecule has 1 aliphatic rings. The lowest BCUT2D eigenvalue weighted by molar-refractivity contribution is -0.132. The molecule has 1 saturated heterocycles. The molecule has 1 aliphatic heterocycles. The molecule has 2 heterocycles. The summed E-state index contributed by atoms with van der Waals surface area (Å²) >= 11 is 0. The SMILES string of the molecule is Cc1ncn(CC(=O)N2CCNCC2)c1C. The molecule has 0 aromatic carbocycles. The number of aromatic nitrogens is 2. The van der Waals surface area contributed by atoms with Gasteiger partial charge in [-0.3, -0.25) is 4.79 Å². The second kappa shape index (κ2) is 4.65. The Balaban J connectivity index is 1.98. The van der Waals surface area contributed by atoms with Crippen LogP contribution in [0.25, 0.3) is 0 Å². The third-order valence-corrected chi connectivity index (χ3v) is 3.12. The molecule has 88 valence electrons. The summed E-state index contributed by atoms with van der Waals surface area (Å²) in [6.45, 7) is 7.78. The Morgan fingerprint density at radius 2 is 2.12 bits per heavy atom. The minimum atomic E-state index is 0.182. The van der Waals surface area contributed by atoms with Crippen LogP contribution in [0.1, 0.15) is 11.4 Å². The van der Waals surface area contributed by atoms with Gasteiger partial charge in [-0.1, -0.05) is 0 Å². The van der Waals surface area contributed by atoms with E-state index in [1.807, 2.05) is 23.3 Å². The first-order chi connectivity index (χ1) is 7.68. The summed E-state index contributed by atoms with van der Waals surface area (Å²) in [5, 5.41) is 3.24. The molecule has 0 saturated carbocycles. The standard InChI is InChI=1S/C11H18N4O/c1-9-10(2)15(8-13-9)7-11(16)14-5-3-12-4-6-14/h8,12H,3-7H2,1-2H3. The number of nitrogens with zero attached hydrogens (tertiary/aromatic N) is 3. The second-order valence-electron chi connectivity index (χ2n) is 4.17. The van der Waals surface area contributed by atoms with E-state index in [0.29, 0.717) is 6.54 Å². The first-order valence-electron chi connectivity index (χ1n) is 5.65. The number of hydrogen-bond donors (Lipinski definition) is 1. The fourth-order valence-electron chi connectivity index (χ4n) is 1.86. The summed E-state index contributed by atoms with van der Waals surface area (Å²) < 4.78 is 1.92. The van der Waals surface area contributed by atoms with Crippen molar-refractivity contribution in [1.82, 2.24) is 19.8 Å². The Hall–Kier alpha value is -1.36. The highest BCUT2D eigenvalue weighted by Crippen LogP contribution is 2.05. The van der Waals surface area contributed by atoms with Gasteiger partial charge in [-0.25, -0.2) is 4.98 Å². The van der Waals surface area contributed by atoms with Crippen molar-refractivity contribution in [3.63, 3.8) is 0 Å². The molecule has 5 nitrogen and oxygen atoms in total. The van der Waals surface area contributed by atoms with E-state index >= 15 is 0 Å². The highest BCUT2D eigenvalue weighted by Gasteiger charge is 2.17. The highest BCUT2D eigenvalue weighted by molar-refractivity contribution is 5.76. The van der Waals surface area contributed by atoms with Gasteiger partial charge in [-0.15, -0.1) is 0 Å². The van der Waals surface area contributed by atoms with Crippen molar-refractivity contribution >= 4 is 5.91 Å². The van der Waals surface area contributed by atoms with Gasteiger partial charge in [-0.2, -0.15) is 0 Å². The van der Waals surface area contributed by atoms with Gasteiger partial charge < -0.3 is 14.8 Å². The molecule has 1 aromatic heterocycles. The first kappa shape index (κ1) is 11.1. The lowest BCUT2D eigenvalue weighted by Gasteiger charge is -2.27. The number of amides is 1. The van der Waals surface area contributed by atoms with Gasteiger partial charge in [0.1, 0.15) is 6.54 Å². The summed E-state index contributed by atoms with van der Waals surface area (Å²) in [4.78, 5) is 18.1. The van der Waals surface area contributed by atoms with Crippen LogP contribution in [0.4, 0.5) is 0 Å². The lowest BCUT2D eigenvalue weighted by Crippen LogP contribution is -2.47. The average Bonchev–Trinajstić information content (AvgIpc) is 2.62. The lowest BCUT2D eigenvalue weighted by atomic mass is 10.3. The Bertz CT molecular complexity index is 379. The molecule has 0 radical (unpaired) electrons. The van der Waals surface area contributed by atoms with Crippen LogP contribution in [0.3, 0.4) is 0 Å². The predicted octanol–water partition coefficient (Wildman–Crippen LogP) is -0.0683. The van der Waals surface area contributed by atoms with Gasteiger partial charge >= 0.3 is 0 Å². The van der Waals surface area contributed by atoms with Gasteiger partial charge in [0.05, 0.1) is 12.0 Å². The first-order valence-corrected chi connectivity index (χ1v) is 5.65. The minimum Gasteiger partial charge on any atom is -0.339 e. The van der Waals surface area contributed by atoms with Crippen LogP contribution in [-0.2, 0) is 11.3 Å². The van der Waals surface area contributed by atoms with Crippen LogP contribution >= 0.6 is 0 Å². The maximum absolute atomic E-state index is 12.0. The van der Waals surface area contributed by atoms with E-state index in [-0.39, 0.29) is 5.91 Å². The third-order valence-electron chi connectivity index (χ3n) is 3.12. The van der Waals surface area contributed by atoms with Gasteiger partial charge in [0.25, 0.3) is 0 Å². The quantitative estimate of drug-likeness (QED) is 0.762. The molecule has 0 bridgehead atoms. The number of hydrogen-bond acceptors (Lipinski definition) is 3. The van der Waals surface area contributed by atoms with E-state index in [0.717, 1.165) is 37.6 Å². The van der Waals surface area contributed by atoms with Crippen LogP contribution in [0, 0.1) is 13.8 Å². The molecule has 1 aromatic rings. The zero-order chi connectivity index (χ0) is 11.5. The number of carbonyl (C=O) groups is 1. The van der Waals surface area contributed by atoms with Gasteiger partial charge in [0.2, 0.25) is 5.91 Å². The van der Waals surface area contributed by atoms with E-state index in [1.54, 1.807) is 6.33 Å². The number of rotatable bonds is 2. The zero-order valence-corrected chi connectivity index (χ0v) is 9.86. The maximum atomic E-state index is 12.0. The molecule has 0 aliphatic carbocycles. The second-order valence-corrected chi connectivity index (χ2v) is 4.17. The Morgan fingerprint density at radius 1 is 1.44 bits per heavy atom. The fraction of sp³-hybridized carbons (Fsp3) is 0.636. The van der Waals surface area contributed by atoms with Crippen molar-refractivity contribution in [2.24, 2.45) is 0 Å². The molecule has 1 fully saturated rings. The van der Waals surface area contributed by atoms with E-state index in [4.69, 9.17) is 0 Å². The minimum absolute atomic E-state index is 0.182. The molecule has 0 unspecified atom stereocenters. The molecule has 0 spiro atoms. The Morgan fingerprint density at radius 3 is 2.69 bits per heavy atom. The zero-order valence-electron chi connectivity index (χ0n) is 9.86. The highest BCUT2D eigenvalue weighted by atomic mass is 16.2. The average molecular weight is 222 g/mol. The molecule has 1 amide bonds. The van der Waals surface area contributed by atoms with Crippen LogP contribution in [0.15, 0.2) is 6.33 Å². The van der Waals surface area contributed by atoms with E-state index in [2.05, 4.69) is 10.3 Å². The van der Waals surface area contributed by atoms with Crippen molar-refractivity contribution in [2.75, 3.05) is 26.2 Å². The molecule has 0 atom stereocenters. The maximum Gasteiger partial charge on any atom is 0.242 e. The van der Waals surface area contributed by atoms with Crippen molar-refractivity contribution in [3.05, 3.63) is 17.7 Å². The number of imidazole rings is 1. The summed E-state index contributed by atoms with van der Waals surface area (Å²) in [6, 6.07) is 0. The van der Waals surface area contributed by atoms with Gasteiger partial charge in [0, 0.05) is 31.9 Å². The van der Waals surface area contributed by atoms with Crippen LogP contribution in [0.2, 0.25) is 0 Å². The van der Waals surface area contributed by atoms with Crippen molar-refractivity contribution < 1.29 is 4.79 Å². The molecule has 2 rings (SSSR count). The monoisotopic (exact) mass is 222 g/mol. The number of carbonyl (C=O) groups excluding carboxylic acids is 1. The smallest absolute Gasteiger partial charge is 0.242 e. The predicted molar refractivity (Wildman–Crippen MR) is 61.2 cm³/mol. The molecule has 5 heteroatoms. The van der Waals surface area contributed by atoms with Crippen LogP contribution in [0.5, 0.6) is 0 Å². The van der Waals surface area contributed by atoms with Crippen molar-refractivity contribution in [1.29, 1.82) is 0 Å². The number of nitrogens with one attached hydrogen (secondary N) is 1. The van der Waals surface area contributed by atoms with Gasteiger partial charge in [0.15, 0.2) is 0 Å². The number of aryl methyl sites for hydroxylation is 1. The topological polar surface area (TPSA) is 50.2 Å². The summed E-state index contributed by atoms with van der Waals surface area (Å²) in [6.07, 6.45) is 1.74. The molecule has 16 heavy (non-hydrogen) atoms. The van der Waals surface area contributed by atoms with Crippen LogP contribution in [-0.4, -0.2) is 46.5 Å². The van der Waals surface area contributed by atoms with Crippen molar-refractivity contribution in [3.8, 4) is 0 Å². The molecular formula is C11H18N4O. The summed E-state index contributed by atoms with van der Waals surface area (Å²) in [5.74, 6) is 0.182.